The maximum Gasteiger partial charge on any atom is 0.231 e. The second-order valence-electron chi connectivity index (χ2n) is 7.67. The molecule has 4 heterocycles. The van der Waals surface area contributed by atoms with Crippen LogP contribution in [0.25, 0.3) is 11.6 Å². The van der Waals surface area contributed by atoms with Crippen molar-refractivity contribution in [2.45, 2.75) is 38.3 Å². The average Bonchev–Trinajstić information content (AvgIpc) is 3.49. The summed E-state index contributed by atoms with van der Waals surface area (Å²) in [6.07, 6.45) is 10.1. The number of piperidine rings is 1. The number of aromatic nitrogens is 4. The van der Waals surface area contributed by atoms with Crippen molar-refractivity contribution in [3.8, 4) is 23.1 Å². The van der Waals surface area contributed by atoms with E-state index in [9.17, 15) is 0 Å². The summed E-state index contributed by atoms with van der Waals surface area (Å²) in [4.78, 5) is 18.9. The lowest BCUT2D eigenvalue weighted by atomic mass is 9.99. The van der Waals surface area contributed by atoms with Crippen molar-refractivity contribution in [2.24, 2.45) is 0 Å². The van der Waals surface area contributed by atoms with Gasteiger partial charge in [-0.3, -0.25) is 0 Å². The van der Waals surface area contributed by atoms with Crippen molar-refractivity contribution in [1.82, 2.24) is 25.3 Å². The number of imidazole rings is 1. The van der Waals surface area contributed by atoms with E-state index in [0.29, 0.717) is 24.5 Å². The number of benzene rings is 1. The summed E-state index contributed by atoms with van der Waals surface area (Å²) in [5.74, 6) is 4.00. The Morgan fingerprint density at radius 1 is 1.10 bits per heavy atom. The first-order valence-corrected chi connectivity index (χ1v) is 10.6. The maximum absolute atomic E-state index is 5.46. The highest BCUT2D eigenvalue weighted by atomic mass is 16.7. The minimum absolute atomic E-state index is 0.314. The van der Waals surface area contributed by atoms with Gasteiger partial charge in [-0.2, -0.15) is 0 Å². The van der Waals surface area contributed by atoms with Crippen molar-refractivity contribution < 1.29 is 9.47 Å². The number of nitrogens with one attached hydrogen (secondary N) is 2. The second kappa shape index (κ2) is 8.71. The lowest BCUT2D eigenvalue weighted by Gasteiger charge is -2.37. The number of anilines is 1. The predicted octanol–water partition coefficient (Wildman–Crippen LogP) is 3.13. The Bertz CT molecular complexity index is 978. The molecule has 0 amide bonds. The minimum atomic E-state index is 0.314. The molecule has 0 aliphatic carbocycles. The summed E-state index contributed by atoms with van der Waals surface area (Å²) in [5.41, 5.74) is 1.21. The molecule has 1 aromatic carbocycles. The maximum atomic E-state index is 5.46. The van der Waals surface area contributed by atoms with Crippen molar-refractivity contribution >= 4 is 5.82 Å². The highest BCUT2D eigenvalue weighted by Crippen LogP contribution is 2.32. The van der Waals surface area contributed by atoms with E-state index in [1.807, 2.05) is 18.3 Å². The SMILES string of the molecule is c1cc(N2CCCCC2CCNCc2ccc3c(c2)OCO3)nc(-c2ncc[nH]2)n1. The summed E-state index contributed by atoms with van der Waals surface area (Å²) in [5, 5.41) is 3.58. The molecule has 0 saturated carbocycles. The quantitative estimate of drug-likeness (QED) is 0.583. The molecule has 2 aliphatic rings. The largest absolute Gasteiger partial charge is 0.454 e. The van der Waals surface area contributed by atoms with Gasteiger partial charge in [-0.15, -0.1) is 0 Å². The van der Waals surface area contributed by atoms with Crippen molar-refractivity contribution in [3.63, 3.8) is 0 Å². The Labute approximate surface area is 175 Å². The number of aromatic amines is 1. The van der Waals surface area contributed by atoms with E-state index in [1.54, 1.807) is 12.4 Å². The van der Waals surface area contributed by atoms with Crippen LogP contribution in [0.5, 0.6) is 11.5 Å². The van der Waals surface area contributed by atoms with Gasteiger partial charge in [0.15, 0.2) is 23.1 Å². The topological polar surface area (TPSA) is 88.2 Å². The van der Waals surface area contributed by atoms with Gasteiger partial charge in [0, 0.05) is 37.7 Å². The van der Waals surface area contributed by atoms with Crippen LogP contribution in [0, 0.1) is 0 Å². The number of fused-ring (bicyclic) bond motifs is 1. The molecule has 1 atom stereocenters. The Morgan fingerprint density at radius 2 is 2.07 bits per heavy atom. The monoisotopic (exact) mass is 406 g/mol. The molecule has 1 saturated heterocycles. The van der Waals surface area contributed by atoms with Gasteiger partial charge < -0.3 is 24.7 Å². The molecular weight excluding hydrogens is 380 g/mol. The number of rotatable bonds is 7. The van der Waals surface area contributed by atoms with Gasteiger partial charge in [-0.1, -0.05) is 6.07 Å². The fourth-order valence-corrected chi connectivity index (χ4v) is 4.17. The Morgan fingerprint density at radius 3 is 3.00 bits per heavy atom. The zero-order valence-electron chi connectivity index (χ0n) is 16.9. The summed E-state index contributed by atoms with van der Waals surface area (Å²) in [7, 11) is 0. The molecule has 3 aromatic rings. The third kappa shape index (κ3) is 4.09. The molecule has 30 heavy (non-hydrogen) atoms. The third-order valence-corrected chi connectivity index (χ3v) is 5.69. The molecule has 8 heteroatoms. The summed E-state index contributed by atoms with van der Waals surface area (Å²) < 4.78 is 10.8. The molecule has 1 fully saturated rings. The van der Waals surface area contributed by atoms with Gasteiger partial charge in [0.1, 0.15) is 5.82 Å². The van der Waals surface area contributed by atoms with Crippen LogP contribution < -0.4 is 19.7 Å². The fraction of sp³-hybridized carbons (Fsp3) is 0.409. The molecule has 1 unspecified atom stereocenters. The first-order chi connectivity index (χ1) is 14.9. The van der Waals surface area contributed by atoms with E-state index in [2.05, 4.69) is 37.3 Å². The average molecular weight is 406 g/mol. The number of hydrogen-bond donors (Lipinski definition) is 2. The molecule has 8 nitrogen and oxygen atoms in total. The van der Waals surface area contributed by atoms with Crippen molar-refractivity contribution in [1.29, 1.82) is 0 Å². The normalized spacial score (nSPS) is 18.0. The van der Waals surface area contributed by atoms with Gasteiger partial charge >= 0.3 is 0 Å². The van der Waals surface area contributed by atoms with Crippen LogP contribution in [0.1, 0.15) is 31.2 Å². The highest BCUT2D eigenvalue weighted by molar-refractivity contribution is 5.49. The van der Waals surface area contributed by atoms with Crippen molar-refractivity contribution in [2.75, 3.05) is 24.8 Å². The van der Waals surface area contributed by atoms with E-state index in [4.69, 9.17) is 14.5 Å². The lowest BCUT2D eigenvalue weighted by Crippen LogP contribution is -2.41. The molecule has 2 N–H and O–H groups in total. The van der Waals surface area contributed by atoms with Crippen LogP contribution in [0.15, 0.2) is 42.9 Å². The zero-order valence-corrected chi connectivity index (χ0v) is 16.9. The smallest absolute Gasteiger partial charge is 0.231 e. The van der Waals surface area contributed by atoms with Crippen molar-refractivity contribution in [3.05, 3.63) is 48.4 Å². The molecule has 2 aliphatic heterocycles. The van der Waals surface area contributed by atoms with E-state index >= 15 is 0 Å². The molecule has 156 valence electrons. The van der Waals surface area contributed by atoms with Crippen LogP contribution in [0.3, 0.4) is 0 Å². The number of hydrogen-bond acceptors (Lipinski definition) is 7. The van der Waals surface area contributed by atoms with E-state index in [-0.39, 0.29) is 0 Å². The molecule has 2 aromatic heterocycles. The van der Waals surface area contributed by atoms with Crippen LogP contribution in [-0.2, 0) is 6.54 Å². The number of nitrogens with zero attached hydrogens (tertiary/aromatic N) is 4. The summed E-state index contributed by atoms with van der Waals surface area (Å²) >= 11 is 0. The van der Waals surface area contributed by atoms with E-state index < -0.39 is 0 Å². The summed E-state index contributed by atoms with van der Waals surface area (Å²) in [6, 6.07) is 8.60. The van der Waals surface area contributed by atoms with Crippen LogP contribution in [-0.4, -0.2) is 45.9 Å². The number of ether oxygens (including phenoxy) is 2. The van der Waals surface area contributed by atoms with Gasteiger partial charge in [-0.25, -0.2) is 15.0 Å². The molecule has 5 rings (SSSR count). The molecule has 0 bridgehead atoms. The second-order valence-corrected chi connectivity index (χ2v) is 7.67. The predicted molar refractivity (Wildman–Crippen MR) is 113 cm³/mol. The molecular formula is C22H26N6O2. The Hall–Kier alpha value is -3.13. The van der Waals surface area contributed by atoms with Gasteiger partial charge in [0.05, 0.1) is 0 Å². The molecule has 0 radical (unpaired) electrons. The fourth-order valence-electron chi connectivity index (χ4n) is 4.17. The Kier molecular flexibility index (Phi) is 5.48. The summed E-state index contributed by atoms with van der Waals surface area (Å²) in [6.45, 7) is 3.11. The zero-order chi connectivity index (χ0) is 20.2. The minimum Gasteiger partial charge on any atom is -0.454 e. The lowest BCUT2D eigenvalue weighted by molar-refractivity contribution is 0.174. The van der Waals surface area contributed by atoms with Gasteiger partial charge in [0.25, 0.3) is 0 Å². The third-order valence-electron chi connectivity index (χ3n) is 5.69. The van der Waals surface area contributed by atoms with Gasteiger partial charge in [0.2, 0.25) is 6.79 Å². The first kappa shape index (κ1) is 18.9. The standard InChI is InChI=1S/C22H26N6O2/c1-2-12-28(20-7-9-24-22(27-20)21-25-10-11-26-21)17(3-1)6-8-23-14-16-4-5-18-19(13-16)30-15-29-18/h4-5,7,9-11,13,17,23H,1-3,6,8,12,14-15H2,(H,25,26). The highest BCUT2D eigenvalue weighted by Gasteiger charge is 2.24. The van der Waals surface area contributed by atoms with E-state index in [0.717, 1.165) is 43.4 Å². The van der Waals surface area contributed by atoms with Gasteiger partial charge in [-0.05, 0) is 56.0 Å². The first-order valence-electron chi connectivity index (χ1n) is 10.6. The molecule has 0 spiro atoms. The van der Waals surface area contributed by atoms with Crippen LogP contribution in [0.2, 0.25) is 0 Å². The van der Waals surface area contributed by atoms with E-state index in [1.165, 1.54) is 24.8 Å². The van der Waals surface area contributed by atoms with Crippen LogP contribution in [0.4, 0.5) is 5.82 Å². The van der Waals surface area contributed by atoms with Crippen LogP contribution >= 0.6 is 0 Å². The number of H-pyrrole nitrogens is 1. The Balaban J connectivity index is 1.19.